The Balaban J connectivity index is 1.26. The minimum atomic E-state index is -1.24. The summed E-state index contributed by atoms with van der Waals surface area (Å²) in [5.74, 6) is 0.262. The summed E-state index contributed by atoms with van der Waals surface area (Å²) in [5, 5.41) is 9.91. The number of ether oxygens (including phenoxy) is 2. The van der Waals surface area contributed by atoms with Gasteiger partial charge in [-0.15, -0.1) is 0 Å². The summed E-state index contributed by atoms with van der Waals surface area (Å²) < 4.78 is 12.7. The summed E-state index contributed by atoms with van der Waals surface area (Å²) in [6.07, 6.45) is 2.70. The van der Waals surface area contributed by atoms with Gasteiger partial charge in [0.05, 0.1) is 16.7 Å². The zero-order chi connectivity index (χ0) is 26.2. The fraction of sp³-hybridized carbons (Fsp3) is 0.125. The zero-order valence-electron chi connectivity index (χ0n) is 21.0. The molecule has 1 amide bonds. The zero-order valence-corrected chi connectivity index (χ0v) is 21.8. The van der Waals surface area contributed by atoms with Crippen LogP contribution in [0.3, 0.4) is 0 Å². The lowest BCUT2D eigenvalue weighted by Gasteiger charge is -2.45. The van der Waals surface area contributed by atoms with Crippen LogP contribution < -0.4 is 14.8 Å². The Labute approximate surface area is 231 Å². The van der Waals surface area contributed by atoms with Gasteiger partial charge in [-0.25, -0.2) is 5.01 Å². The quantitative estimate of drug-likeness (QED) is 0.302. The van der Waals surface area contributed by atoms with Crippen LogP contribution in [0.15, 0.2) is 119 Å². The van der Waals surface area contributed by atoms with Gasteiger partial charge in [-0.1, -0.05) is 91.0 Å². The molecule has 1 spiro atoms. The molecule has 6 nitrogen and oxygen atoms in total. The van der Waals surface area contributed by atoms with E-state index in [1.54, 1.807) is 0 Å². The molecule has 0 unspecified atom stereocenters. The Morgan fingerprint density at radius 1 is 0.974 bits per heavy atom. The Bertz CT molecular complexity index is 1610. The standard InChI is InChI=1S/C32H25N3O3S/c36-31-33-32(30(39-31)19-23-12-9-15-25(18-23)37-21-22-10-3-1-4-11-22)35-28(26-16-7-8-17-29(26)38-32)20-27(34-35)24-13-5-2-6-14-24/h1-19,28H,20-21H2,(H,33,36)/b30-19-/t28-,32+/m0/s1. The van der Waals surface area contributed by atoms with Gasteiger partial charge in [0.1, 0.15) is 18.1 Å². The second kappa shape index (κ2) is 9.67. The van der Waals surface area contributed by atoms with E-state index in [1.807, 2.05) is 102 Å². The summed E-state index contributed by atoms with van der Waals surface area (Å²) in [4.78, 5) is 13.7. The van der Waals surface area contributed by atoms with Crippen LogP contribution in [0.5, 0.6) is 11.5 Å². The van der Waals surface area contributed by atoms with E-state index in [9.17, 15) is 4.79 Å². The molecule has 2 atom stereocenters. The lowest BCUT2D eigenvalue weighted by molar-refractivity contribution is -0.0949. The van der Waals surface area contributed by atoms with Gasteiger partial charge in [0.25, 0.3) is 5.24 Å². The number of hydrogen-bond acceptors (Lipinski definition) is 6. The predicted octanol–water partition coefficient (Wildman–Crippen LogP) is 6.96. The second-order valence-corrected chi connectivity index (χ2v) is 10.6. The van der Waals surface area contributed by atoms with E-state index in [-0.39, 0.29) is 11.3 Å². The topological polar surface area (TPSA) is 63.2 Å². The molecular weight excluding hydrogens is 506 g/mol. The van der Waals surface area contributed by atoms with Crippen LogP contribution in [-0.2, 0) is 6.61 Å². The molecule has 4 aromatic rings. The van der Waals surface area contributed by atoms with Gasteiger partial charge in [0.15, 0.2) is 0 Å². The van der Waals surface area contributed by atoms with Crippen molar-refractivity contribution < 1.29 is 14.3 Å². The monoisotopic (exact) mass is 531 g/mol. The number of para-hydroxylation sites is 1. The highest BCUT2D eigenvalue weighted by Gasteiger charge is 2.58. The van der Waals surface area contributed by atoms with Crippen molar-refractivity contribution in [3.63, 3.8) is 0 Å². The normalized spacial score (nSPS) is 22.2. The summed E-state index contributed by atoms with van der Waals surface area (Å²) in [6.45, 7) is 0.478. The number of nitrogens with one attached hydrogen (secondary N) is 1. The van der Waals surface area contributed by atoms with E-state index < -0.39 is 5.85 Å². The van der Waals surface area contributed by atoms with Gasteiger partial charge < -0.3 is 9.47 Å². The minimum absolute atomic E-state index is 0.0758. The SMILES string of the molecule is O=C1N[C@]2(Oc3ccccc3[C@@H]3CC(c4ccccc4)=NN32)/C(=C/c2cccc(OCc3ccccc3)c2)S1. The highest BCUT2D eigenvalue weighted by Crippen LogP contribution is 2.52. The molecule has 4 aromatic carbocycles. The van der Waals surface area contributed by atoms with Crippen molar-refractivity contribution in [3.05, 3.63) is 136 Å². The van der Waals surface area contributed by atoms with Crippen molar-refractivity contribution in [1.29, 1.82) is 0 Å². The van der Waals surface area contributed by atoms with E-state index in [2.05, 4.69) is 23.5 Å². The molecule has 1 fully saturated rings. The average Bonchev–Trinajstić information content (AvgIpc) is 3.56. The molecule has 192 valence electrons. The summed E-state index contributed by atoms with van der Waals surface area (Å²) in [7, 11) is 0. The molecule has 0 aromatic heterocycles. The van der Waals surface area contributed by atoms with Gasteiger partial charge in [0, 0.05) is 12.0 Å². The van der Waals surface area contributed by atoms with Crippen LogP contribution in [0.2, 0.25) is 0 Å². The Hall–Kier alpha value is -4.49. The number of thioether (sulfide) groups is 1. The number of benzene rings is 4. The molecule has 3 aliphatic heterocycles. The third kappa shape index (κ3) is 4.34. The molecule has 7 heteroatoms. The van der Waals surface area contributed by atoms with E-state index in [0.717, 1.165) is 56.1 Å². The second-order valence-electron chi connectivity index (χ2n) is 9.63. The number of fused-ring (bicyclic) bond motifs is 4. The first kappa shape index (κ1) is 23.6. The highest BCUT2D eigenvalue weighted by molar-refractivity contribution is 8.17. The van der Waals surface area contributed by atoms with E-state index >= 15 is 0 Å². The Morgan fingerprint density at radius 3 is 2.59 bits per heavy atom. The molecule has 1 N–H and O–H groups in total. The predicted molar refractivity (Wildman–Crippen MR) is 153 cm³/mol. The van der Waals surface area contributed by atoms with Gasteiger partial charge in [-0.05, 0) is 52.7 Å². The number of nitrogens with zero attached hydrogens (tertiary/aromatic N) is 2. The van der Waals surface area contributed by atoms with Crippen LogP contribution in [0.4, 0.5) is 4.79 Å². The van der Waals surface area contributed by atoms with Crippen molar-refractivity contribution in [3.8, 4) is 11.5 Å². The number of hydrazone groups is 1. The molecule has 3 aliphatic rings. The maximum absolute atomic E-state index is 12.9. The summed E-state index contributed by atoms with van der Waals surface area (Å²) in [5.41, 5.74) is 5.08. The van der Waals surface area contributed by atoms with Crippen LogP contribution in [-0.4, -0.2) is 21.8 Å². The first-order chi connectivity index (χ1) is 19.2. The Morgan fingerprint density at radius 2 is 1.74 bits per heavy atom. The maximum Gasteiger partial charge on any atom is 0.314 e. The van der Waals surface area contributed by atoms with Crippen molar-refractivity contribution in [2.75, 3.05) is 0 Å². The third-order valence-electron chi connectivity index (χ3n) is 7.09. The number of carbonyl (C=O) groups excluding carboxylic acids is 1. The Kier molecular flexibility index (Phi) is 5.86. The molecule has 39 heavy (non-hydrogen) atoms. The molecule has 1 saturated heterocycles. The van der Waals surface area contributed by atoms with Gasteiger partial charge in [-0.3, -0.25) is 10.1 Å². The number of hydrogen-bond donors (Lipinski definition) is 1. The van der Waals surface area contributed by atoms with Crippen LogP contribution in [0, 0.1) is 0 Å². The van der Waals surface area contributed by atoms with Crippen LogP contribution in [0.1, 0.15) is 34.7 Å². The molecule has 0 radical (unpaired) electrons. The van der Waals surface area contributed by atoms with Crippen molar-refractivity contribution in [2.24, 2.45) is 5.10 Å². The first-order valence-electron chi connectivity index (χ1n) is 12.9. The smallest absolute Gasteiger partial charge is 0.314 e. The van der Waals surface area contributed by atoms with Gasteiger partial charge in [0.2, 0.25) is 0 Å². The van der Waals surface area contributed by atoms with Crippen molar-refractivity contribution >= 4 is 28.8 Å². The van der Waals surface area contributed by atoms with Crippen molar-refractivity contribution in [2.45, 2.75) is 24.9 Å². The van der Waals surface area contributed by atoms with Gasteiger partial charge in [-0.2, -0.15) is 5.10 Å². The molecule has 0 bridgehead atoms. The lowest BCUT2D eigenvalue weighted by atomic mass is 9.95. The maximum atomic E-state index is 12.9. The lowest BCUT2D eigenvalue weighted by Crippen LogP contribution is -2.61. The fourth-order valence-corrected chi connectivity index (χ4v) is 6.17. The third-order valence-corrected chi connectivity index (χ3v) is 7.99. The summed E-state index contributed by atoms with van der Waals surface area (Å²) in [6, 6.07) is 36.0. The van der Waals surface area contributed by atoms with Gasteiger partial charge >= 0.3 is 5.85 Å². The first-order valence-corrected chi connectivity index (χ1v) is 13.7. The average molecular weight is 532 g/mol. The van der Waals surface area contributed by atoms with Crippen molar-refractivity contribution in [1.82, 2.24) is 10.3 Å². The number of rotatable bonds is 5. The number of carbonyl (C=O) groups is 1. The molecule has 0 saturated carbocycles. The summed E-state index contributed by atoms with van der Waals surface area (Å²) >= 11 is 1.14. The van der Waals surface area contributed by atoms with E-state index in [4.69, 9.17) is 14.6 Å². The molecule has 7 rings (SSSR count). The minimum Gasteiger partial charge on any atom is -0.489 e. The van der Waals surface area contributed by atoms with Crippen LogP contribution >= 0.6 is 11.8 Å². The highest BCUT2D eigenvalue weighted by atomic mass is 32.2. The van der Waals surface area contributed by atoms with E-state index in [0.29, 0.717) is 13.0 Å². The molecular formula is C32H25N3O3S. The largest absolute Gasteiger partial charge is 0.489 e. The molecule has 3 heterocycles. The molecule has 0 aliphatic carbocycles. The fourth-order valence-electron chi connectivity index (χ4n) is 5.26. The number of amides is 1. The van der Waals surface area contributed by atoms with Crippen LogP contribution in [0.25, 0.3) is 6.08 Å². The van der Waals surface area contributed by atoms with E-state index in [1.165, 1.54) is 0 Å².